The third kappa shape index (κ3) is 3.56. The van der Waals surface area contributed by atoms with Crippen LogP contribution in [0.15, 0.2) is 33.9 Å². The molecule has 160 valence electrons. The van der Waals surface area contributed by atoms with Gasteiger partial charge in [0.2, 0.25) is 5.91 Å². The summed E-state index contributed by atoms with van der Waals surface area (Å²) in [7, 11) is 1.55. The van der Waals surface area contributed by atoms with E-state index in [0.717, 1.165) is 34.5 Å². The predicted molar refractivity (Wildman–Crippen MR) is 118 cm³/mol. The van der Waals surface area contributed by atoms with E-state index in [2.05, 4.69) is 21.0 Å². The minimum atomic E-state index is -0.515. The molecule has 31 heavy (non-hydrogen) atoms. The van der Waals surface area contributed by atoms with Gasteiger partial charge in [-0.3, -0.25) is 19.1 Å². The van der Waals surface area contributed by atoms with Crippen LogP contribution < -0.4 is 11.2 Å². The molecule has 9 nitrogen and oxygen atoms in total. The summed E-state index contributed by atoms with van der Waals surface area (Å²) in [5, 5.41) is 0.986. The Balaban J connectivity index is 1.36. The van der Waals surface area contributed by atoms with E-state index in [1.807, 2.05) is 23.1 Å². The third-order valence-electron chi connectivity index (χ3n) is 5.80. The number of nitrogens with one attached hydrogen (secondary N) is 2. The molecule has 4 aromatic rings. The Kier molecular flexibility index (Phi) is 4.93. The first-order valence-electron chi connectivity index (χ1n) is 10.3. The molecule has 1 aliphatic rings. The Morgan fingerprint density at radius 3 is 2.87 bits per heavy atom. The van der Waals surface area contributed by atoms with Gasteiger partial charge in [0.25, 0.3) is 5.56 Å². The highest BCUT2D eigenvalue weighted by Crippen LogP contribution is 2.36. The lowest BCUT2D eigenvalue weighted by Gasteiger charge is -2.34. The molecule has 0 spiro atoms. The molecule has 1 aromatic carbocycles. The Morgan fingerprint density at radius 2 is 2.03 bits per heavy atom. The van der Waals surface area contributed by atoms with E-state index >= 15 is 0 Å². The van der Waals surface area contributed by atoms with Crippen molar-refractivity contribution in [3.8, 4) is 0 Å². The zero-order valence-corrected chi connectivity index (χ0v) is 17.9. The summed E-state index contributed by atoms with van der Waals surface area (Å²) in [4.78, 5) is 53.2. The highest BCUT2D eigenvalue weighted by atomic mass is 32.1. The lowest BCUT2D eigenvalue weighted by molar-refractivity contribution is -0.135. The quantitative estimate of drug-likeness (QED) is 0.507. The van der Waals surface area contributed by atoms with Crippen molar-refractivity contribution in [1.29, 1.82) is 0 Å². The van der Waals surface area contributed by atoms with Crippen LogP contribution >= 0.6 is 11.3 Å². The molecule has 3 aromatic heterocycles. The number of benzene rings is 1. The van der Waals surface area contributed by atoms with Crippen molar-refractivity contribution in [3.63, 3.8) is 0 Å². The van der Waals surface area contributed by atoms with Gasteiger partial charge in [-0.1, -0.05) is 12.1 Å². The molecule has 10 heteroatoms. The molecule has 1 aliphatic heterocycles. The van der Waals surface area contributed by atoms with Crippen LogP contribution in [0.5, 0.6) is 0 Å². The highest BCUT2D eigenvalue weighted by molar-refractivity contribution is 7.18. The van der Waals surface area contributed by atoms with Gasteiger partial charge in [-0.05, 0) is 31.4 Å². The number of aromatic amines is 2. The number of aryl methyl sites for hydroxylation is 2. The molecule has 0 saturated carbocycles. The van der Waals surface area contributed by atoms with E-state index < -0.39 is 11.2 Å². The number of imidazole rings is 1. The van der Waals surface area contributed by atoms with Crippen molar-refractivity contribution in [1.82, 2.24) is 29.4 Å². The number of fused-ring (bicyclic) bond motifs is 2. The Labute approximate surface area is 180 Å². The fourth-order valence-electron chi connectivity index (χ4n) is 4.16. The SMILES string of the molecule is Cn1c(=O)[nH]c(=O)c2[nH]c(CCC(=O)N3CCCC[C@@H]3c3nc4ccccc4s3)nc21. The van der Waals surface area contributed by atoms with E-state index in [9.17, 15) is 14.4 Å². The summed E-state index contributed by atoms with van der Waals surface area (Å²) in [5.41, 5.74) is 0.490. The second-order valence-electron chi connectivity index (χ2n) is 7.82. The van der Waals surface area contributed by atoms with Gasteiger partial charge in [-0.25, -0.2) is 14.8 Å². The van der Waals surface area contributed by atoms with Crippen molar-refractivity contribution >= 4 is 38.6 Å². The van der Waals surface area contributed by atoms with Crippen molar-refractivity contribution < 1.29 is 4.79 Å². The van der Waals surface area contributed by atoms with Crippen LogP contribution in [0.2, 0.25) is 0 Å². The lowest BCUT2D eigenvalue weighted by Crippen LogP contribution is -2.38. The summed E-state index contributed by atoms with van der Waals surface area (Å²) in [6.07, 6.45) is 3.60. The van der Waals surface area contributed by atoms with Crippen molar-refractivity contribution in [2.24, 2.45) is 7.05 Å². The van der Waals surface area contributed by atoms with E-state index in [0.29, 0.717) is 24.4 Å². The average molecular weight is 439 g/mol. The van der Waals surface area contributed by atoms with Crippen LogP contribution in [0.1, 0.15) is 42.6 Å². The number of carbonyl (C=O) groups excluding carboxylic acids is 1. The topological polar surface area (TPSA) is 117 Å². The maximum Gasteiger partial charge on any atom is 0.329 e. The Hall–Kier alpha value is -3.27. The van der Waals surface area contributed by atoms with E-state index in [1.54, 1.807) is 18.4 Å². The van der Waals surface area contributed by atoms with Gasteiger partial charge in [-0.2, -0.15) is 0 Å². The lowest BCUT2D eigenvalue weighted by atomic mass is 10.0. The standard InChI is InChI=1S/C21H22N6O3S/c1-26-18-17(19(29)25-21(26)30)23-15(24-18)9-10-16(28)27-11-5-4-7-13(27)20-22-12-6-2-3-8-14(12)31-20/h2-3,6,8,13H,4-5,7,9-11H2,1H3,(H,23,24)(H,25,29,30)/t13-/m1/s1. The van der Waals surface area contributed by atoms with Crippen LogP contribution in [0.4, 0.5) is 0 Å². The van der Waals surface area contributed by atoms with Gasteiger partial charge in [0, 0.05) is 26.4 Å². The van der Waals surface area contributed by atoms with Gasteiger partial charge in [0.1, 0.15) is 16.3 Å². The molecule has 0 unspecified atom stereocenters. The average Bonchev–Trinajstić information content (AvgIpc) is 3.41. The first-order valence-corrected chi connectivity index (χ1v) is 11.2. The molecule has 5 rings (SSSR count). The third-order valence-corrected chi connectivity index (χ3v) is 6.94. The highest BCUT2D eigenvalue weighted by Gasteiger charge is 2.30. The number of hydrogen-bond donors (Lipinski definition) is 2. The van der Waals surface area contributed by atoms with E-state index in [4.69, 9.17) is 4.98 Å². The van der Waals surface area contributed by atoms with Crippen LogP contribution in [0.3, 0.4) is 0 Å². The minimum Gasteiger partial charge on any atom is -0.336 e. The number of rotatable bonds is 4. The number of aromatic nitrogens is 5. The van der Waals surface area contributed by atoms with Crippen molar-refractivity contribution in [2.75, 3.05) is 6.54 Å². The number of thiazole rings is 1. The summed E-state index contributed by atoms with van der Waals surface area (Å²) in [6, 6.07) is 8.03. The van der Waals surface area contributed by atoms with Gasteiger partial charge in [-0.15, -0.1) is 11.3 Å². The monoisotopic (exact) mass is 438 g/mol. The maximum absolute atomic E-state index is 13.1. The maximum atomic E-state index is 13.1. The Bertz CT molecular complexity index is 1360. The molecule has 1 atom stereocenters. The number of amides is 1. The van der Waals surface area contributed by atoms with E-state index in [1.165, 1.54) is 4.57 Å². The summed E-state index contributed by atoms with van der Waals surface area (Å²) in [6.45, 7) is 0.716. The van der Waals surface area contributed by atoms with Gasteiger partial charge in [0.15, 0.2) is 5.65 Å². The molecular weight excluding hydrogens is 416 g/mol. The van der Waals surface area contributed by atoms with Crippen LogP contribution in [0.25, 0.3) is 21.4 Å². The first-order chi connectivity index (χ1) is 15.0. The van der Waals surface area contributed by atoms with Crippen LogP contribution in [0, 0.1) is 0 Å². The minimum absolute atomic E-state index is 0.00186. The number of H-pyrrole nitrogens is 2. The van der Waals surface area contributed by atoms with Crippen molar-refractivity contribution in [2.45, 2.75) is 38.1 Å². The molecule has 2 N–H and O–H groups in total. The first kappa shape index (κ1) is 19.7. The number of nitrogens with zero attached hydrogens (tertiary/aromatic N) is 4. The van der Waals surface area contributed by atoms with E-state index in [-0.39, 0.29) is 23.9 Å². The zero-order chi connectivity index (χ0) is 21.5. The fraction of sp³-hybridized carbons (Fsp3) is 0.381. The molecule has 1 amide bonds. The van der Waals surface area contributed by atoms with Gasteiger partial charge >= 0.3 is 5.69 Å². The summed E-state index contributed by atoms with van der Waals surface area (Å²) >= 11 is 1.65. The number of likely N-dealkylation sites (tertiary alicyclic amines) is 1. The number of para-hydroxylation sites is 1. The second kappa shape index (κ2) is 7.77. The molecule has 1 saturated heterocycles. The van der Waals surface area contributed by atoms with Gasteiger partial charge in [0.05, 0.1) is 16.3 Å². The summed E-state index contributed by atoms with van der Waals surface area (Å²) in [5.74, 6) is 0.566. The smallest absolute Gasteiger partial charge is 0.329 e. The molecule has 0 radical (unpaired) electrons. The largest absolute Gasteiger partial charge is 0.336 e. The van der Waals surface area contributed by atoms with Crippen LogP contribution in [-0.2, 0) is 18.3 Å². The molecule has 4 heterocycles. The molecular formula is C21H22N6O3S. The predicted octanol–water partition coefficient (Wildman–Crippen LogP) is 2.25. The zero-order valence-electron chi connectivity index (χ0n) is 17.1. The molecule has 1 fully saturated rings. The number of hydrogen-bond acceptors (Lipinski definition) is 6. The van der Waals surface area contributed by atoms with Crippen molar-refractivity contribution in [3.05, 3.63) is 55.9 Å². The molecule has 0 bridgehead atoms. The fourth-order valence-corrected chi connectivity index (χ4v) is 5.27. The Morgan fingerprint density at radius 1 is 1.19 bits per heavy atom. The number of piperidine rings is 1. The summed E-state index contributed by atoms with van der Waals surface area (Å²) < 4.78 is 2.42. The van der Waals surface area contributed by atoms with Crippen LogP contribution in [-0.4, -0.2) is 41.9 Å². The normalized spacial score (nSPS) is 16.9. The second-order valence-corrected chi connectivity index (χ2v) is 8.88. The number of carbonyl (C=O) groups is 1. The molecule has 0 aliphatic carbocycles. The van der Waals surface area contributed by atoms with Gasteiger partial charge < -0.3 is 9.88 Å².